The Labute approximate surface area is 140 Å². The molecule has 2 rings (SSSR count). The van der Waals surface area contributed by atoms with Crippen LogP contribution in [0.2, 0.25) is 0 Å². The van der Waals surface area contributed by atoms with Crippen molar-refractivity contribution in [3.8, 4) is 0 Å². The minimum Gasteiger partial charge on any atom is -0.352 e. The Hall–Kier alpha value is -2.96. The normalized spacial score (nSPS) is 10.3. The van der Waals surface area contributed by atoms with Crippen LogP contribution in [0.4, 0.5) is 17.3 Å². The number of aromatic nitrogens is 2. The summed E-state index contributed by atoms with van der Waals surface area (Å²) in [5.41, 5.74) is 1.82. The quantitative estimate of drug-likeness (QED) is 0.758. The Kier molecular flexibility index (Phi) is 5.83. The molecule has 3 N–H and O–H groups in total. The molecule has 0 aliphatic carbocycles. The molecular formula is C17H21N5O2. The second-order valence-electron chi connectivity index (χ2n) is 5.79. The molecule has 0 saturated heterocycles. The number of carbonyl (C=O) groups excluding carboxylic acids is 2. The number of anilines is 3. The Morgan fingerprint density at radius 3 is 2.42 bits per heavy atom. The standard InChI is InChI=1S/C17H21N5O2/c1-11(2)8-18-16(24)13-9-19-17(20-10-13)22-15-6-4-5-14(7-15)21-12(3)23/h4-7,9-11H,8H2,1-3H3,(H,18,24)(H,21,23)(H,19,20,22). The van der Waals surface area contributed by atoms with Gasteiger partial charge in [-0.25, -0.2) is 9.97 Å². The topological polar surface area (TPSA) is 96.0 Å². The number of benzene rings is 1. The smallest absolute Gasteiger partial charge is 0.254 e. The van der Waals surface area contributed by atoms with Crippen LogP contribution < -0.4 is 16.0 Å². The predicted octanol–water partition coefficient (Wildman–Crippen LogP) is 2.56. The number of rotatable bonds is 6. The third kappa shape index (κ3) is 5.35. The monoisotopic (exact) mass is 327 g/mol. The fraction of sp³-hybridized carbons (Fsp3) is 0.294. The average Bonchev–Trinajstić information content (AvgIpc) is 2.53. The molecule has 126 valence electrons. The lowest BCUT2D eigenvalue weighted by molar-refractivity contribution is -0.114. The minimum atomic E-state index is -0.192. The molecule has 2 amide bonds. The lowest BCUT2D eigenvalue weighted by Crippen LogP contribution is -2.27. The van der Waals surface area contributed by atoms with Crippen molar-refractivity contribution in [2.75, 3.05) is 17.2 Å². The third-order valence-electron chi connectivity index (χ3n) is 3.02. The molecule has 0 aliphatic heterocycles. The molecule has 0 aliphatic rings. The molecule has 0 radical (unpaired) electrons. The summed E-state index contributed by atoms with van der Waals surface area (Å²) in [5.74, 6) is 0.421. The molecule has 1 aromatic carbocycles. The fourth-order valence-electron chi connectivity index (χ4n) is 1.92. The van der Waals surface area contributed by atoms with Gasteiger partial charge in [0.2, 0.25) is 11.9 Å². The van der Waals surface area contributed by atoms with E-state index in [0.29, 0.717) is 29.7 Å². The van der Waals surface area contributed by atoms with Crippen molar-refractivity contribution in [2.45, 2.75) is 20.8 Å². The van der Waals surface area contributed by atoms with Crippen molar-refractivity contribution in [1.29, 1.82) is 0 Å². The van der Waals surface area contributed by atoms with Crippen LogP contribution in [-0.4, -0.2) is 28.3 Å². The van der Waals surface area contributed by atoms with Gasteiger partial charge in [0.1, 0.15) is 0 Å². The molecule has 2 aromatic rings. The summed E-state index contributed by atoms with van der Waals surface area (Å²) in [4.78, 5) is 31.3. The van der Waals surface area contributed by atoms with Gasteiger partial charge >= 0.3 is 0 Å². The second-order valence-corrected chi connectivity index (χ2v) is 5.79. The van der Waals surface area contributed by atoms with Gasteiger partial charge in [-0.2, -0.15) is 0 Å². The third-order valence-corrected chi connectivity index (χ3v) is 3.02. The summed E-state index contributed by atoms with van der Waals surface area (Å²) in [6.07, 6.45) is 2.95. The first-order chi connectivity index (χ1) is 11.4. The first-order valence-corrected chi connectivity index (χ1v) is 7.69. The van der Waals surface area contributed by atoms with E-state index in [9.17, 15) is 9.59 Å². The van der Waals surface area contributed by atoms with E-state index in [4.69, 9.17) is 0 Å². The van der Waals surface area contributed by atoms with Crippen molar-refractivity contribution < 1.29 is 9.59 Å². The van der Waals surface area contributed by atoms with E-state index in [1.165, 1.54) is 19.3 Å². The van der Waals surface area contributed by atoms with Crippen LogP contribution in [0.5, 0.6) is 0 Å². The van der Waals surface area contributed by atoms with Crippen LogP contribution >= 0.6 is 0 Å². The summed E-state index contributed by atoms with van der Waals surface area (Å²) in [5, 5.41) is 8.55. The predicted molar refractivity (Wildman–Crippen MR) is 93.2 cm³/mol. The molecule has 24 heavy (non-hydrogen) atoms. The van der Waals surface area contributed by atoms with E-state index >= 15 is 0 Å². The highest BCUT2D eigenvalue weighted by molar-refractivity contribution is 5.93. The van der Waals surface area contributed by atoms with Crippen LogP contribution in [0.1, 0.15) is 31.1 Å². The Bertz CT molecular complexity index is 713. The highest BCUT2D eigenvalue weighted by Gasteiger charge is 2.08. The number of amides is 2. The summed E-state index contributed by atoms with van der Waals surface area (Å²) >= 11 is 0. The van der Waals surface area contributed by atoms with E-state index in [1.54, 1.807) is 18.2 Å². The number of carbonyl (C=O) groups is 2. The van der Waals surface area contributed by atoms with Crippen molar-refractivity contribution in [3.05, 3.63) is 42.2 Å². The molecule has 0 atom stereocenters. The number of hydrogen-bond donors (Lipinski definition) is 3. The van der Waals surface area contributed by atoms with Gasteiger partial charge in [0.25, 0.3) is 5.91 Å². The van der Waals surface area contributed by atoms with Crippen LogP contribution in [-0.2, 0) is 4.79 Å². The van der Waals surface area contributed by atoms with Gasteiger partial charge in [0.05, 0.1) is 5.56 Å². The highest BCUT2D eigenvalue weighted by atomic mass is 16.2. The minimum absolute atomic E-state index is 0.139. The first kappa shape index (κ1) is 17.4. The van der Waals surface area contributed by atoms with E-state index < -0.39 is 0 Å². The van der Waals surface area contributed by atoms with E-state index in [-0.39, 0.29) is 11.8 Å². The maximum Gasteiger partial charge on any atom is 0.254 e. The Morgan fingerprint density at radius 1 is 1.12 bits per heavy atom. The summed E-state index contributed by atoms with van der Waals surface area (Å²) in [6.45, 7) is 6.11. The molecule has 0 saturated carbocycles. The molecule has 0 spiro atoms. The number of nitrogens with one attached hydrogen (secondary N) is 3. The zero-order valence-corrected chi connectivity index (χ0v) is 14.0. The lowest BCUT2D eigenvalue weighted by Gasteiger charge is -2.09. The Balaban J connectivity index is 2.01. The summed E-state index contributed by atoms with van der Waals surface area (Å²) in [7, 11) is 0. The van der Waals surface area contributed by atoms with Gasteiger partial charge in [-0.05, 0) is 24.1 Å². The van der Waals surface area contributed by atoms with Gasteiger partial charge < -0.3 is 16.0 Å². The largest absolute Gasteiger partial charge is 0.352 e. The van der Waals surface area contributed by atoms with Crippen LogP contribution in [0, 0.1) is 5.92 Å². The molecule has 0 fully saturated rings. The van der Waals surface area contributed by atoms with E-state index in [2.05, 4.69) is 25.9 Å². The molecule has 7 nitrogen and oxygen atoms in total. The Morgan fingerprint density at radius 2 is 1.79 bits per heavy atom. The maximum absolute atomic E-state index is 11.9. The molecule has 1 heterocycles. The zero-order chi connectivity index (χ0) is 17.5. The molecule has 0 bridgehead atoms. The van der Waals surface area contributed by atoms with Crippen molar-refractivity contribution in [3.63, 3.8) is 0 Å². The van der Waals surface area contributed by atoms with E-state index in [0.717, 1.165) is 5.69 Å². The van der Waals surface area contributed by atoms with Crippen molar-refractivity contribution in [1.82, 2.24) is 15.3 Å². The van der Waals surface area contributed by atoms with Gasteiger partial charge in [-0.15, -0.1) is 0 Å². The van der Waals surface area contributed by atoms with Gasteiger partial charge in [0, 0.05) is 37.2 Å². The number of nitrogens with zero attached hydrogens (tertiary/aromatic N) is 2. The molecular weight excluding hydrogens is 306 g/mol. The maximum atomic E-state index is 11.9. The molecule has 1 aromatic heterocycles. The number of hydrogen-bond acceptors (Lipinski definition) is 5. The van der Waals surface area contributed by atoms with Crippen LogP contribution in [0.3, 0.4) is 0 Å². The van der Waals surface area contributed by atoms with Gasteiger partial charge in [-0.1, -0.05) is 19.9 Å². The summed E-state index contributed by atoms with van der Waals surface area (Å²) < 4.78 is 0. The fourth-order valence-corrected chi connectivity index (χ4v) is 1.92. The molecule has 0 unspecified atom stereocenters. The molecule has 7 heteroatoms. The van der Waals surface area contributed by atoms with Crippen LogP contribution in [0.25, 0.3) is 0 Å². The van der Waals surface area contributed by atoms with Gasteiger partial charge in [0.15, 0.2) is 0 Å². The highest BCUT2D eigenvalue weighted by Crippen LogP contribution is 2.17. The van der Waals surface area contributed by atoms with Crippen molar-refractivity contribution in [2.24, 2.45) is 5.92 Å². The SMILES string of the molecule is CC(=O)Nc1cccc(Nc2ncc(C(=O)NCC(C)C)cn2)c1. The van der Waals surface area contributed by atoms with E-state index in [1.807, 2.05) is 19.9 Å². The lowest BCUT2D eigenvalue weighted by atomic mass is 10.2. The average molecular weight is 327 g/mol. The van der Waals surface area contributed by atoms with Crippen molar-refractivity contribution >= 4 is 29.1 Å². The zero-order valence-electron chi connectivity index (χ0n) is 14.0. The first-order valence-electron chi connectivity index (χ1n) is 7.69. The second kappa shape index (κ2) is 8.05. The van der Waals surface area contributed by atoms with Crippen LogP contribution in [0.15, 0.2) is 36.7 Å². The van der Waals surface area contributed by atoms with Gasteiger partial charge in [-0.3, -0.25) is 9.59 Å². The summed E-state index contributed by atoms with van der Waals surface area (Å²) in [6, 6.07) is 7.20.